The number of sulfonamides is 2. The molecule has 0 aromatic heterocycles. The molecule has 0 spiro atoms. The summed E-state index contributed by atoms with van der Waals surface area (Å²) in [5, 5.41) is 3.46. The summed E-state index contributed by atoms with van der Waals surface area (Å²) in [5.41, 5.74) is 2.31. The van der Waals surface area contributed by atoms with Crippen molar-refractivity contribution in [2.24, 2.45) is 5.92 Å². The minimum atomic E-state index is -3.80. The molecule has 1 heterocycles. The molecule has 38 heavy (non-hydrogen) atoms. The van der Waals surface area contributed by atoms with E-state index in [1.165, 1.54) is 34.6 Å². The molecule has 1 fully saturated rings. The largest absolute Gasteiger partial charge is 0.326 e. The molecular formula is C26H27Cl2N3O5S2. The van der Waals surface area contributed by atoms with Crippen molar-refractivity contribution in [3.8, 4) is 0 Å². The zero-order valence-corrected chi connectivity index (χ0v) is 23.7. The highest BCUT2D eigenvalue weighted by Gasteiger charge is 2.33. The number of rotatable bonds is 8. The summed E-state index contributed by atoms with van der Waals surface area (Å²) >= 11 is 12.1. The second kappa shape index (κ2) is 11.6. The number of aryl methyl sites for hydroxylation is 1. The predicted octanol–water partition coefficient (Wildman–Crippen LogP) is 5.28. The van der Waals surface area contributed by atoms with Crippen LogP contribution in [-0.4, -0.2) is 40.1 Å². The number of amides is 1. The first-order valence-corrected chi connectivity index (χ1v) is 15.7. The van der Waals surface area contributed by atoms with E-state index in [1.807, 2.05) is 6.92 Å². The third-order valence-electron chi connectivity index (χ3n) is 6.24. The van der Waals surface area contributed by atoms with Crippen molar-refractivity contribution in [3.63, 3.8) is 0 Å². The monoisotopic (exact) mass is 595 g/mol. The lowest BCUT2D eigenvalue weighted by Crippen LogP contribution is -2.44. The van der Waals surface area contributed by atoms with Crippen LogP contribution in [0.15, 0.2) is 71.6 Å². The molecule has 2 N–H and O–H groups in total. The van der Waals surface area contributed by atoms with E-state index >= 15 is 0 Å². The highest BCUT2D eigenvalue weighted by molar-refractivity contribution is 7.92. The number of hydrogen-bond acceptors (Lipinski definition) is 5. The summed E-state index contributed by atoms with van der Waals surface area (Å²) < 4.78 is 55.3. The van der Waals surface area contributed by atoms with Crippen molar-refractivity contribution >= 4 is 60.5 Å². The highest BCUT2D eigenvalue weighted by Crippen LogP contribution is 2.27. The number of nitrogens with zero attached hydrogens (tertiary/aromatic N) is 1. The Bertz CT molecular complexity index is 1530. The zero-order chi connectivity index (χ0) is 27.5. The Hall–Kier alpha value is -2.63. The second-order valence-electron chi connectivity index (χ2n) is 9.17. The van der Waals surface area contributed by atoms with Crippen LogP contribution in [0.4, 0.5) is 11.4 Å². The summed E-state index contributed by atoms with van der Waals surface area (Å²) in [5.74, 6) is -1.17. The molecule has 0 bridgehead atoms. The Morgan fingerprint density at radius 2 is 1.61 bits per heavy atom. The van der Waals surface area contributed by atoms with Gasteiger partial charge in [-0.2, -0.15) is 0 Å². The van der Waals surface area contributed by atoms with Crippen LogP contribution in [0.25, 0.3) is 0 Å². The summed E-state index contributed by atoms with van der Waals surface area (Å²) in [4.78, 5) is 13.0. The molecule has 0 aliphatic carbocycles. The summed E-state index contributed by atoms with van der Waals surface area (Å²) in [6.45, 7) is 2.27. The Morgan fingerprint density at radius 1 is 0.947 bits per heavy atom. The lowest BCUT2D eigenvalue weighted by Gasteiger charge is -2.31. The van der Waals surface area contributed by atoms with E-state index in [0.29, 0.717) is 41.3 Å². The van der Waals surface area contributed by atoms with Crippen LogP contribution >= 0.6 is 23.2 Å². The Labute approximate surface area is 233 Å². The molecule has 8 nitrogen and oxygen atoms in total. The number of carbonyl (C=O) groups is 1. The summed E-state index contributed by atoms with van der Waals surface area (Å²) in [7, 11) is -7.51. The molecule has 3 aromatic carbocycles. The van der Waals surface area contributed by atoms with Crippen molar-refractivity contribution in [1.29, 1.82) is 0 Å². The molecule has 1 aliphatic rings. The van der Waals surface area contributed by atoms with Gasteiger partial charge in [-0.25, -0.2) is 21.1 Å². The van der Waals surface area contributed by atoms with E-state index in [4.69, 9.17) is 23.2 Å². The number of carbonyl (C=O) groups excluding carboxylic acids is 1. The average molecular weight is 597 g/mol. The van der Waals surface area contributed by atoms with Crippen molar-refractivity contribution < 1.29 is 21.6 Å². The number of piperidine rings is 1. The van der Waals surface area contributed by atoms with E-state index in [0.717, 1.165) is 5.56 Å². The van der Waals surface area contributed by atoms with Gasteiger partial charge >= 0.3 is 0 Å². The molecule has 12 heteroatoms. The number of anilines is 2. The predicted molar refractivity (Wildman–Crippen MR) is 150 cm³/mol. The van der Waals surface area contributed by atoms with Crippen molar-refractivity contribution in [1.82, 2.24) is 4.31 Å². The van der Waals surface area contributed by atoms with Gasteiger partial charge in [-0.3, -0.25) is 9.52 Å². The first kappa shape index (κ1) is 28.4. The van der Waals surface area contributed by atoms with Crippen molar-refractivity contribution in [3.05, 3.63) is 87.9 Å². The molecule has 0 radical (unpaired) electrons. The quantitative estimate of drug-likeness (QED) is 0.367. The Morgan fingerprint density at radius 3 is 2.26 bits per heavy atom. The first-order chi connectivity index (χ1) is 17.9. The second-order valence-corrected chi connectivity index (χ2v) is 13.7. The smallest absolute Gasteiger partial charge is 0.261 e. The number of nitrogens with one attached hydrogen (secondary N) is 2. The maximum Gasteiger partial charge on any atom is 0.261 e. The standard InChI is InChI=1S/C26H27Cl2N3O5S2/c1-18-4-8-23(9-5-18)30-38(35,36)24-12-10-22(11-13-24)29-26(32)19-3-2-14-31(16-19)37(33,34)17-20-6-7-21(27)15-25(20)28/h4-13,15,19,30H,2-3,14,16-17H2,1H3,(H,29,32). The highest BCUT2D eigenvalue weighted by atomic mass is 35.5. The van der Waals surface area contributed by atoms with Gasteiger partial charge in [-0.15, -0.1) is 0 Å². The van der Waals surface area contributed by atoms with E-state index in [1.54, 1.807) is 36.4 Å². The third kappa shape index (κ3) is 7.06. The summed E-state index contributed by atoms with van der Waals surface area (Å²) in [6, 6.07) is 17.4. The molecule has 0 saturated carbocycles. The fraction of sp³-hybridized carbons (Fsp3) is 0.269. The number of benzene rings is 3. The fourth-order valence-corrected chi connectivity index (χ4v) is 7.39. The molecule has 3 aromatic rings. The van der Waals surface area contributed by atoms with Crippen LogP contribution in [0, 0.1) is 12.8 Å². The van der Waals surface area contributed by atoms with Gasteiger partial charge in [0, 0.05) is 34.5 Å². The van der Waals surface area contributed by atoms with E-state index in [2.05, 4.69) is 10.0 Å². The van der Waals surface area contributed by atoms with Crippen LogP contribution in [0.2, 0.25) is 10.0 Å². The molecule has 1 saturated heterocycles. The fourth-order valence-electron chi connectivity index (χ4n) is 4.13. The van der Waals surface area contributed by atoms with E-state index in [9.17, 15) is 21.6 Å². The molecule has 1 unspecified atom stereocenters. The van der Waals surface area contributed by atoms with Gasteiger partial charge in [0.05, 0.1) is 16.6 Å². The molecule has 4 rings (SSSR count). The Kier molecular flexibility index (Phi) is 8.68. The topological polar surface area (TPSA) is 113 Å². The van der Waals surface area contributed by atoms with Gasteiger partial charge in [0.25, 0.3) is 10.0 Å². The van der Waals surface area contributed by atoms with Crippen LogP contribution < -0.4 is 10.0 Å². The van der Waals surface area contributed by atoms with Gasteiger partial charge in [0.2, 0.25) is 15.9 Å². The van der Waals surface area contributed by atoms with Gasteiger partial charge in [0.15, 0.2) is 0 Å². The van der Waals surface area contributed by atoms with Gasteiger partial charge < -0.3 is 5.32 Å². The average Bonchev–Trinajstić information content (AvgIpc) is 2.87. The molecule has 1 aliphatic heterocycles. The van der Waals surface area contributed by atoms with Crippen molar-refractivity contribution in [2.75, 3.05) is 23.1 Å². The molecular weight excluding hydrogens is 569 g/mol. The maximum absolute atomic E-state index is 13.0. The van der Waals surface area contributed by atoms with Crippen LogP contribution in [0.5, 0.6) is 0 Å². The number of hydrogen-bond donors (Lipinski definition) is 2. The minimum absolute atomic E-state index is 0.0479. The van der Waals surface area contributed by atoms with Crippen molar-refractivity contribution in [2.45, 2.75) is 30.4 Å². The molecule has 202 valence electrons. The van der Waals surface area contributed by atoms with Gasteiger partial charge in [-0.05, 0) is 73.9 Å². The van der Waals surface area contributed by atoms with Gasteiger partial charge in [0.1, 0.15) is 0 Å². The normalized spacial score (nSPS) is 16.7. The molecule has 1 amide bonds. The van der Waals surface area contributed by atoms with E-state index < -0.39 is 26.0 Å². The SMILES string of the molecule is Cc1ccc(NS(=O)(=O)c2ccc(NC(=O)C3CCCN(S(=O)(=O)Cc4ccc(Cl)cc4Cl)C3)cc2)cc1. The Balaban J connectivity index is 1.38. The summed E-state index contributed by atoms with van der Waals surface area (Å²) in [6.07, 6.45) is 1.07. The zero-order valence-electron chi connectivity index (χ0n) is 20.5. The van der Waals surface area contributed by atoms with Crippen LogP contribution in [-0.2, 0) is 30.6 Å². The third-order valence-corrected chi connectivity index (χ3v) is 10.0. The van der Waals surface area contributed by atoms with Crippen LogP contribution in [0.3, 0.4) is 0 Å². The van der Waals surface area contributed by atoms with E-state index in [-0.39, 0.29) is 28.1 Å². The minimum Gasteiger partial charge on any atom is -0.326 e. The first-order valence-electron chi connectivity index (χ1n) is 11.9. The van der Waals surface area contributed by atoms with Crippen LogP contribution in [0.1, 0.15) is 24.0 Å². The lowest BCUT2D eigenvalue weighted by molar-refractivity contribution is -0.120. The maximum atomic E-state index is 13.0. The van der Waals surface area contributed by atoms with Gasteiger partial charge in [-0.1, -0.05) is 47.0 Å². The number of halogens is 2. The lowest BCUT2D eigenvalue weighted by atomic mass is 9.99. The molecule has 1 atom stereocenters.